The van der Waals surface area contributed by atoms with Crippen LogP contribution < -0.4 is 16.3 Å². The molecule has 0 saturated heterocycles. The molecule has 1 aromatic carbocycles. The zero-order chi connectivity index (χ0) is 20.3. The van der Waals surface area contributed by atoms with Crippen molar-refractivity contribution in [1.82, 2.24) is 18.5 Å². The number of pyridine rings is 1. The Bertz CT molecular complexity index is 1130. The molecule has 2 heterocycles. The minimum Gasteiger partial charge on any atom is -0.384 e. The summed E-state index contributed by atoms with van der Waals surface area (Å²) in [7, 11) is -0.545. The molecule has 0 aliphatic carbocycles. The minimum atomic E-state index is -3.54. The summed E-state index contributed by atoms with van der Waals surface area (Å²) in [5, 5.41) is 10.7. The van der Waals surface area contributed by atoms with E-state index in [0.717, 1.165) is 5.69 Å². The van der Waals surface area contributed by atoms with Crippen LogP contribution in [0.25, 0.3) is 5.65 Å². The lowest BCUT2D eigenvalue weighted by Gasteiger charge is -2.16. The standard InChI is InChI=1S/C18H24N6O3S/c1-4-19-15-9-8-14(28(26,27)22(2)3)13-16(15)20-10-12-24-18(25)23-11-6-5-7-17(23)21-24/h5-9,11,13,19-20H,4,10,12H2,1-3H3. The highest BCUT2D eigenvalue weighted by Crippen LogP contribution is 2.26. The van der Waals surface area contributed by atoms with Gasteiger partial charge in [0.1, 0.15) is 0 Å². The first-order chi connectivity index (χ1) is 13.3. The molecular formula is C18H24N6O3S. The number of hydrogen-bond acceptors (Lipinski definition) is 6. The highest BCUT2D eigenvalue weighted by Gasteiger charge is 2.18. The predicted octanol–water partition coefficient (Wildman–Crippen LogP) is 1.29. The Hall–Kier alpha value is -2.85. The molecule has 2 N–H and O–H groups in total. The highest BCUT2D eigenvalue weighted by atomic mass is 32.2. The fourth-order valence-electron chi connectivity index (χ4n) is 2.80. The fourth-order valence-corrected chi connectivity index (χ4v) is 3.72. The number of nitrogens with zero attached hydrogens (tertiary/aromatic N) is 4. The number of nitrogens with one attached hydrogen (secondary N) is 2. The molecule has 0 aliphatic rings. The Balaban J connectivity index is 1.82. The first-order valence-electron chi connectivity index (χ1n) is 8.93. The third-order valence-corrected chi connectivity index (χ3v) is 6.08. The smallest absolute Gasteiger partial charge is 0.350 e. The summed E-state index contributed by atoms with van der Waals surface area (Å²) in [6, 6.07) is 10.3. The molecular weight excluding hydrogens is 380 g/mol. The van der Waals surface area contributed by atoms with Crippen LogP contribution in [0.2, 0.25) is 0 Å². The van der Waals surface area contributed by atoms with Crippen molar-refractivity contribution in [2.75, 3.05) is 37.8 Å². The quantitative estimate of drug-likeness (QED) is 0.587. The number of hydrogen-bond donors (Lipinski definition) is 2. The third kappa shape index (κ3) is 3.87. The van der Waals surface area contributed by atoms with Gasteiger partial charge in [0, 0.05) is 33.4 Å². The second kappa shape index (κ2) is 8.03. The molecule has 0 amide bonds. The van der Waals surface area contributed by atoms with E-state index in [-0.39, 0.29) is 10.6 Å². The van der Waals surface area contributed by atoms with Crippen LogP contribution in [-0.2, 0) is 16.6 Å². The van der Waals surface area contributed by atoms with Crippen molar-refractivity contribution < 1.29 is 8.42 Å². The van der Waals surface area contributed by atoms with Gasteiger partial charge in [-0.1, -0.05) is 6.07 Å². The van der Waals surface area contributed by atoms with Gasteiger partial charge in [0.15, 0.2) is 5.65 Å². The van der Waals surface area contributed by atoms with Gasteiger partial charge in [-0.15, -0.1) is 5.10 Å². The molecule has 9 nitrogen and oxygen atoms in total. The van der Waals surface area contributed by atoms with E-state index in [0.29, 0.717) is 31.0 Å². The van der Waals surface area contributed by atoms with Crippen LogP contribution >= 0.6 is 0 Å². The summed E-state index contributed by atoms with van der Waals surface area (Å²) in [5.74, 6) is 0. The van der Waals surface area contributed by atoms with Crippen LogP contribution in [0.5, 0.6) is 0 Å². The van der Waals surface area contributed by atoms with Crippen LogP contribution in [0.1, 0.15) is 6.92 Å². The molecule has 0 unspecified atom stereocenters. The van der Waals surface area contributed by atoms with Gasteiger partial charge < -0.3 is 10.6 Å². The van der Waals surface area contributed by atoms with Crippen molar-refractivity contribution in [3.05, 3.63) is 53.1 Å². The lowest BCUT2D eigenvalue weighted by Crippen LogP contribution is -2.25. The molecule has 0 fully saturated rings. The monoisotopic (exact) mass is 404 g/mol. The van der Waals surface area contributed by atoms with Crippen molar-refractivity contribution in [3.63, 3.8) is 0 Å². The second-order valence-electron chi connectivity index (χ2n) is 6.39. The fraction of sp³-hybridized carbons (Fsp3) is 0.333. The zero-order valence-corrected chi connectivity index (χ0v) is 16.9. The molecule has 0 radical (unpaired) electrons. The molecule has 0 bridgehead atoms. The number of aromatic nitrogens is 3. The molecule has 0 spiro atoms. The van der Waals surface area contributed by atoms with E-state index in [4.69, 9.17) is 0 Å². The zero-order valence-electron chi connectivity index (χ0n) is 16.1. The third-order valence-electron chi connectivity index (χ3n) is 4.26. The summed E-state index contributed by atoms with van der Waals surface area (Å²) < 4.78 is 28.9. The van der Waals surface area contributed by atoms with Crippen molar-refractivity contribution in [2.45, 2.75) is 18.4 Å². The van der Waals surface area contributed by atoms with Gasteiger partial charge in [0.25, 0.3) is 0 Å². The van der Waals surface area contributed by atoms with Gasteiger partial charge in [0.05, 0.1) is 22.8 Å². The Morgan fingerprint density at radius 2 is 1.89 bits per heavy atom. The number of anilines is 2. The number of fused-ring (bicyclic) bond motifs is 1. The Morgan fingerprint density at radius 3 is 2.57 bits per heavy atom. The first kappa shape index (κ1) is 19.9. The van der Waals surface area contributed by atoms with Crippen LogP contribution in [0.15, 0.2) is 52.3 Å². The van der Waals surface area contributed by atoms with Gasteiger partial charge >= 0.3 is 5.69 Å². The topological polar surface area (TPSA) is 101 Å². The average molecular weight is 404 g/mol. The molecule has 28 heavy (non-hydrogen) atoms. The van der Waals surface area contributed by atoms with E-state index >= 15 is 0 Å². The molecule has 3 aromatic rings. The van der Waals surface area contributed by atoms with Crippen molar-refractivity contribution >= 4 is 27.0 Å². The van der Waals surface area contributed by atoms with Gasteiger partial charge in [-0.25, -0.2) is 22.2 Å². The normalized spacial score (nSPS) is 11.9. The van der Waals surface area contributed by atoms with Crippen LogP contribution in [-0.4, -0.2) is 54.1 Å². The molecule has 3 rings (SSSR count). The highest BCUT2D eigenvalue weighted by molar-refractivity contribution is 7.89. The van der Waals surface area contributed by atoms with Crippen LogP contribution in [0.4, 0.5) is 11.4 Å². The lowest BCUT2D eigenvalue weighted by molar-refractivity contribution is 0.521. The molecule has 0 atom stereocenters. The van der Waals surface area contributed by atoms with Crippen molar-refractivity contribution in [3.8, 4) is 0 Å². The summed E-state index contributed by atoms with van der Waals surface area (Å²) in [6.45, 7) is 3.41. The number of benzene rings is 1. The largest absolute Gasteiger partial charge is 0.384 e. The van der Waals surface area contributed by atoms with Gasteiger partial charge in [-0.05, 0) is 37.3 Å². The van der Waals surface area contributed by atoms with E-state index in [1.807, 2.05) is 13.0 Å². The molecule has 2 aromatic heterocycles. The summed E-state index contributed by atoms with van der Waals surface area (Å²) in [6.07, 6.45) is 1.67. The van der Waals surface area contributed by atoms with Crippen molar-refractivity contribution in [2.24, 2.45) is 0 Å². The van der Waals surface area contributed by atoms with Crippen LogP contribution in [0.3, 0.4) is 0 Å². The SMILES string of the molecule is CCNc1ccc(S(=O)(=O)N(C)C)cc1NCCn1nc2ccccn2c1=O. The Labute approximate surface area is 163 Å². The summed E-state index contributed by atoms with van der Waals surface area (Å²) in [4.78, 5) is 12.5. The Morgan fingerprint density at radius 1 is 1.11 bits per heavy atom. The molecule has 10 heteroatoms. The van der Waals surface area contributed by atoms with Gasteiger partial charge in [0.2, 0.25) is 10.0 Å². The predicted molar refractivity (Wildman–Crippen MR) is 109 cm³/mol. The van der Waals surface area contributed by atoms with E-state index in [1.54, 1.807) is 36.5 Å². The van der Waals surface area contributed by atoms with E-state index in [9.17, 15) is 13.2 Å². The first-order valence-corrected chi connectivity index (χ1v) is 10.4. The van der Waals surface area contributed by atoms with E-state index in [2.05, 4.69) is 15.7 Å². The molecule has 150 valence electrons. The minimum absolute atomic E-state index is 0.201. The van der Waals surface area contributed by atoms with Gasteiger partial charge in [-0.3, -0.25) is 4.40 Å². The lowest BCUT2D eigenvalue weighted by atomic mass is 10.2. The maximum Gasteiger partial charge on any atom is 0.350 e. The number of rotatable bonds is 8. The Kier molecular flexibility index (Phi) is 5.71. The maximum atomic E-state index is 12.4. The van der Waals surface area contributed by atoms with E-state index in [1.165, 1.54) is 27.5 Å². The molecule has 0 saturated carbocycles. The molecule has 0 aliphatic heterocycles. The van der Waals surface area contributed by atoms with Crippen LogP contribution in [0, 0.1) is 0 Å². The summed E-state index contributed by atoms with van der Waals surface area (Å²) in [5.41, 5.74) is 1.82. The summed E-state index contributed by atoms with van der Waals surface area (Å²) >= 11 is 0. The maximum absolute atomic E-state index is 12.4. The number of sulfonamides is 1. The van der Waals surface area contributed by atoms with Gasteiger partial charge in [-0.2, -0.15) is 0 Å². The van der Waals surface area contributed by atoms with E-state index < -0.39 is 10.0 Å². The van der Waals surface area contributed by atoms with Crippen molar-refractivity contribution in [1.29, 1.82) is 0 Å². The average Bonchev–Trinajstić information content (AvgIpc) is 2.99. The second-order valence-corrected chi connectivity index (χ2v) is 8.54.